The first-order valence-electron chi connectivity index (χ1n) is 6.01. The average Bonchev–Trinajstić information content (AvgIpc) is 2.15. The number of nitrogens with two attached hydrogens (primary N) is 1. The zero-order valence-electron chi connectivity index (χ0n) is 12.6. The Balaban J connectivity index is -0.0000000871. The Kier molecular flexibility index (Phi) is 29.5. The van der Waals surface area contributed by atoms with E-state index in [1.165, 1.54) is 0 Å². The zero-order chi connectivity index (χ0) is 17.1. The standard InChI is InChI=1S/2C4H9NO.2C2H4O2/c2*1-2-3-4(5)6;2*1-2(3)4/h2*2-3H2,1H3,(H2,5,6);2*1H3,(H,3,4). The number of amides is 2. The molecular formula is C12H26N2O6. The fourth-order valence-electron chi connectivity index (χ4n) is 0.525. The van der Waals surface area contributed by atoms with E-state index in [1.54, 1.807) is 0 Å². The number of rotatable bonds is 4. The lowest BCUT2D eigenvalue weighted by molar-refractivity contribution is -0.306. The number of hydrogen-bond acceptors (Lipinski definition) is 5. The Hall–Kier alpha value is -1.96. The number of carbonyl (C=O) groups excluding carboxylic acids is 3. The SMILES string of the molecule is CC(=O)O.CC(=O)[O-].CCCC(N)=O.CCCC([NH3+])=O. The van der Waals surface area contributed by atoms with Crippen molar-refractivity contribution in [1.82, 2.24) is 0 Å². The Labute approximate surface area is 119 Å². The maximum Gasteiger partial charge on any atom is 0.308 e. The first-order valence-corrected chi connectivity index (χ1v) is 6.01. The van der Waals surface area contributed by atoms with Crippen LogP contribution in [0.5, 0.6) is 0 Å². The number of carbonyl (C=O) groups is 4. The molecule has 0 aliphatic carbocycles. The molecule has 0 spiro atoms. The molecular weight excluding hydrogens is 268 g/mol. The summed E-state index contributed by atoms with van der Waals surface area (Å²) in [5.41, 5.74) is 7.95. The molecule has 0 fully saturated rings. The summed E-state index contributed by atoms with van der Waals surface area (Å²) in [6.07, 6.45) is 2.91. The average molecular weight is 294 g/mol. The Morgan fingerprint density at radius 1 is 1.05 bits per heavy atom. The molecule has 0 atom stereocenters. The summed E-state index contributed by atoms with van der Waals surface area (Å²) in [7, 11) is 0. The van der Waals surface area contributed by atoms with Gasteiger partial charge in [0.2, 0.25) is 5.91 Å². The van der Waals surface area contributed by atoms with Gasteiger partial charge in [-0.1, -0.05) is 13.8 Å². The molecule has 0 aliphatic heterocycles. The molecule has 0 aromatic carbocycles. The van der Waals surface area contributed by atoms with Crippen LogP contribution in [0.15, 0.2) is 0 Å². The molecule has 0 aromatic rings. The number of carboxylic acid groups (broad SMARTS) is 2. The van der Waals surface area contributed by atoms with Crippen molar-refractivity contribution < 1.29 is 35.1 Å². The van der Waals surface area contributed by atoms with Crippen LogP contribution < -0.4 is 16.6 Å². The molecule has 0 unspecified atom stereocenters. The van der Waals surface area contributed by atoms with Gasteiger partial charge in [0, 0.05) is 19.3 Å². The van der Waals surface area contributed by atoms with Crippen LogP contribution in [0.2, 0.25) is 0 Å². The molecule has 8 nitrogen and oxygen atoms in total. The van der Waals surface area contributed by atoms with E-state index >= 15 is 0 Å². The fraction of sp³-hybridized carbons (Fsp3) is 0.667. The molecule has 0 bridgehead atoms. The molecule has 0 radical (unpaired) electrons. The minimum absolute atomic E-state index is 0.0394. The quantitative estimate of drug-likeness (QED) is 0.581. The van der Waals surface area contributed by atoms with Gasteiger partial charge in [-0.15, -0.1) is 0 Å². The Morgan fingerprint density at radius 3 is 1.30 bits per heavy atom. The van der Waals surface area contributed by atoms with Crippen molar-refractivity contribution >= 4 is 23.8 Å². The summed E-state index contributed by atoms with van der Waals surface area (Å²) in [6, 6.07) is 0. The predicted molar refractivity (Wildman–Crippen MR) is 70.9 cm³/mol. The Morgan fingerprint density at radius 2 is 1.30 bits per heavy atom. The van der Waals surface area contributed by atoms with Gasteiger partial charge in [-0.2, -0.15) is 0 Å². The molecule has 6 N–H and O–H groups in total. The normalized spacial score (nSPS) is 7.45. The lowest BCUT2D eigenvalue weighted by Crippen LogP contribution is -2.56. The van der Waals surface area contributed by atoms with Crippen molar-refractivity contribution in [2.75, 3.05) is 0 Å². The van der Waals surface area contributed by atoms with E-state index in [1.807, 2.05) is 13.8 Å². The van der Waals surface area contributed by atoms with Crippen molar-refractivity contribution in [2.24, 2.45) is 5.73 Å². The van der Waals surface area contributed by atoms with Crippen molar-refractivity contribution in [3.8, 4) is 0 Å². The summed E-state index contributed by atoms with van der Waals surface area (Å²) in [5, 5.41) is 16.3. The summed E-state index contributed by atoms with van der Waals surface area (Å²) in [6.45, 7) is 5.94. The van der Waals surface area contributed by atoms with E-state index in [4.69, 9.17) is 25.5 Å². The monoisotopic (exact) mass is 294 g/mol. The molecule has 0 saturated carbocycles. The van der Waals surface area contributed by atoms with Gasteiger partial charge in [0.05, 0.1) is 6.42 Å². The summed E-state index contributed by atoms with van der Waals surface area (Å²) < 4.78 is 0. The number of primary amides is 1. The van der Waals surface area contributed by atoms with Crippen LogP contribution in [-0.4, -0.2) is 28.9 Å². The van der Waals surface area contributed by atoms with Crippen molar-refractivity contribution in [3.05, 3.63) is 0 Å². The third-order valence-corrected chi connectivity index (χ3v) is 1.03. The van der Waals surface area contributed by atoms with E-state index in [2.05, 4.69) is 5.73 Å². The fourth-order valence-corrected chi connectivity index (χ4v) is 0.525. The van der Waals surface area contributed by atoms with E-state index in [9.17, 15) is 9.59 Å². The van der Waals surface area contributed by atoms with E-state index in [-0.39, 0.29) is 11.8 Å². The van der Waals surface area contributed by atoms with Gasteiger partial charge in [-0.25, -0.2) is 4.79 Å². The molecule has 0 aromatic heterocycles. The highest BCUT2D eigenvalue weighted by Gasteiger charge is 1.89. The summed E-state index contributed by atoms with van der Waals surface area (Å²) in [4.78, 5) is 37.6. The van der Waals surface area contributed by atoms with Gasteiger partial charge < -0.3 is 20.7 Å². The molecule has 0 saturated heterocycles. The summed E-state index contributed by atoms with van der Waals surface area (Å²) >= 11 is 0. The third-order valence-electron chi connectivity index (χ3n) is 1.03. The van der Waals surface area contributed by atoms with Crippen molar-refractivity contribution in [2.45, 2.75) is 53.4 Å². The lowest BCUT2D eigenvalue weighted by Gasteiger charge is -1.81. The van der Waals surface area contributed by atoms with Gasteiger partial charge in [0.25, 0.3) is 5.97 Å². The van der Waals surface area contributed by atoms with Crippen LogP contribution in [0.4, 0.5) is 0 Å². The maximum absolute atomic E-state index is 9.93. The number of aliphatic carboxylic acids is 2. The van der Waals surface area contributed by atoms with E-state index < -0.39 is 11.9 Å². The van der Waals surface area contributed by atoms with Gasteiger partial charge in [-0.05, 0) is 19.8 Å². The topological polar surface area (TPSA) is 165 Å². The Bertz CT molecular complexity index is 243. The highest BCUT2D eigenvalue weighted by molar-refractivity contribution is 5.73. The first-order chi connectivity index (χ1) is 9.00. The van der Waals surface area contributed by atoms with Crippen LogP contribution in [0.25, 0.3) is 0 Å². The zero-order valence-corrected chi connectivity index (χ0v) is 12.6. The van der Waals surface area contributed by atoms with Crippen molar-refractivity contribution in [1.29, 1.82) is 0 Å². The molecule has 0 rings (SSSR count). The number of hydrogen-bond donors (Lipinski definition) is 3. The van der Waals surface area contributed by atoms with E-state index in [0.29, 0.717) is 12.8 Å². The second-order valence-corrected chi connectivity index (χ2v) is 3.52. The molecule has 120 valence electrons. The molecule has 20 heavy (non-hydrogen) atoms. The minimum atomic E-state index is -1.08. The maximum atomic E-state index is 9.93. The molecule has 8 heteroatoms. The highest BCUT2D eigenvalue weighted by atomic mass is 16.4. The van der Waals surface area contributed by atoms with Crippen LogP contribution in [0.3, 0.4) is 0 Å². The molecule has 2 amide bonds. The number of quaternary nitrogens is 1. The molecule has 0 aliphatic rings. The second kappa shape index (κ2) is 22.2. The molecule has 0 heterocycles. The number of carboxylic acids is 2. The van der Waals surface area contributed by atoms with Gasteiger partial charge in [0.15, 0.2) is 0 Å². The van der Waals surface area contributed by atoms with Gasteiger partial charge in [0.1, 0.15) is 0 Å². The first kappa shape index (κ1) is 26.6. The van der Waals surface area contributed by atoms with Gasteiger partial charge in [-0.3, -0.25) is 15.3 Å². The van der Waals surface area contributed by atoms with Crippen LogP contribution in [0, 0.1) is 0 Å². The van der Waals surface area contributed by atoms with E-state index in [0.717, 1.165) is 26.7 Å². The lowest BCUT2D eigenvalue weighted by atomic mass is 10.3. The van der Waals surface area contributed by atoms with Crippen molar-refractivity contribution in [3.63, 3.8) is 0 Å². The van der Waals surface area contributed by atoms with Crippen LogP contribution in [-0.2, 0) is 19.2 Å². The van der Waals surface area contributed by atoms with Gasteiger partial charge >= 0.3 is 5.91 Å². The second-order valence-electron chi connectivity index (χ2n) is 3.52. The minimum Gasteiger partial charge on any atom is -0.550 e. The summed E-state index contributed by atoms with van der Waals surface area (Å²) in [5.74, 6) is -2.09. The van der Waals surface area contributed by atoms with Crippen LogP contribution >= 0.6 is 0 Å². The highest BCUT2D eigenvalue weighted by Crippen LogP contribution is 1.80. The predicted octanol–water partition coefficient (Wildman–Crippen LogP) is -1.33. The smallest absolute Gasteiger partial charge is 0.308 e. The largest absolute Gasteiger partial charge is 0.550 e. The van der Waals surface area contributed by atoms with Crippen LogP contribution in [0.1, 0.15) is 53.4 Å². The third kappa shape index (κ3) is 222.